The summed E-state index contributed by atoms with van der Waals surface area (Å²) in [5.74, 6) is 0.959. The fourth-order valence-corrected chi connectivity index (χ4v) is 3.53. The monoisotopic (exact) mass is 342 g/mol. The lowest BCUT2D eigenvalue weighted by atomic mass is 10.1. The van der Waals surface area contributed by atoms with Crippen molar-refractivity contribution >= 4 is 17.7 Å². The molecule has 0 aliphatic carbocycles. The fraction of sp³-hybridized carbons (Fsp3) is 0.368. The van der Waals surface area contributed by atoms with Crippen molar-refractivity contribution in [2.75, 3.05) is 13.2 Å². The van der Waals surface area contributed by atoms with E-state index in [-0.39, 0.29) is 18.1 Å². The lowest BCUT2D eigenvalue weighted by Crippen LogP contribution is -2.50. The Hall–Kier alpha value is -1.85. The molecule has 0 spiro atoms. The number of ether oxygens (including phenoxy) is 1. The van der Waals surface area contributed by atoms with Crippen LogP contribution < -0.4 is 0 Å². The minimum atomic E-state index is 0.0847. The van der Waals surface area contributed by atoms with E-state index < -0.39 is 0 Å². The van der Waals surface area contributed by atoms with Crippen molar-refractivity contribution in [1.82, 2.24) is 9.88 Å². The minimum absolute atomic E-state index is 0.0847. The van der Waals surface area contributed by atoms with Crippen molar-refractivity contribution in [3.8, 4) is 0 Å². The van der Waals surface area contributed by atoms with Gasteiger partial charge in [0.1, 0.15) is 0 Å². The van der Waals surface area contributed by atoms with Crippen LogP contribution in [0.3, 0.4) is 0 Å². The molecule has 1 saturated heterocycles. The maximum Gasteiger partial charge on any atom is 0.254 e. The van der Waals surface area contributed by atoms with Crippen molar-refractivity contribution < 1.29 is 9.53 Å². The Balaban J connectivity index is 1.62. The van der Waals surface area contributed by atoms with Crippen molar-refractivity contribution in [1.29, 1.82) is 0 Å². The molecule has 1 fully saturated rings. The van der Waals surface area contributed by atoms with Gasteiger partial charge in [-0.15, -0.1) is 11.8 Å². The second-order valence-electron chi connectivity index (χ2n) is 6.12. The van der Waals surface area contributed by atoms with Crippen LogP contribution in [0.1, 0.15) is 29.8 Å². The molecule has 2 unspecified atom stereocenters. The molecular weight excluding hydrogens is 320 g/mol. The van der Waals surface area contributed by atoms with E-state index in [4.69, 9.17) is 4.74 Å². The molecule has 1 aromatic carbocycles. The molecule has 0 N–H and O–H groups in total. The molecule has 1 amide bonds. The average molecular weight is 342 g/mol. The number of carbonyl (C=O) groups excluding carboxylic acids is 1. The van der Waals surface area contributed by atoms with Crippen molar-refractivity contribution in [3.05, 3.63) is 59.9 Å². The first kappa shape index (κ1) is 17.0. The van der Waals surface area contributed by atoms with E-state index in [1.165, 1.54) is 5.56 Å². The van der Waals surface area contributed by atoms with Crippen LogP contribution in [0.25, 0.3) is 0 Å². The quantitative estimate of drug-likeness (QED) is 0.796. The third-order valence-corrected chi connectivity index (χ3v) is 5.18. The standard InChI is InChI=1S/C19H22N2O2S/c1-14-12-23-15(2)11-21(14)19(22)17-5-7-18(8-6-17)24-13-16-4-3-9-20-10-16/h3-10,14-15H,11-13H2,1-2H3. The van der Waals surface area contributed by atoms with E-state index >= 15 is 0 Å². The summed E-state index contributed by atoms with van der Waals surface area (Å²) in [5.41, 5.74) is 1.93. The Bertz CT molecular complexity index is 676. The third kappa shape index (κ3) is 4.16. The number of rotatable bonds is 4. The lowest BCUT2D eigenvalue weighted by molar-refractivity contribution is -0.0387. The first-order valence-corrected chi connectivity index (χ1v) is 9.16. The Labute approximate surface area is 147 Å². The maximum absolute atomic E-state index is 12.7. The van der Waals surface area contributed by atoms with Crippen LogP contribution in [0, 0.1) is 0 Å². The molecule has 0 bridgehead atoms. The third-order valence-electron chi connectivity index (χ3n) is 4.10. The van der Waals surface area contributed by atoms with Crippen LogP contribution in [-0.2, 0) is 10.5 Å². The van der Waals surface area contributed by atoms with Crippen molar-refractivity contribution in [3.63, 3.8) is 0 Å². The van der Waals surface area contributed by atoms with Gasteiger partial charge in [-0.1, -0.05) is 6.07 Å². The van der Waals surface area contributed by atoms with Gasteiger partial charge in [-0.2, -0.15) is 0 Å². The maximum atomic E-state index is 12.7. The van der Waals surface area contributed by atoms with Crippen LogP contribution in [-0.4, -0.2) is 41.1 Å². The number of thioether (sulfide) groups is 1. The zero-order valence-electron chi connectivity index (χ0n) is 14.0. The SMILES string of the molecule is CC1CN(C(=O)c2ccc(SCc3cccnc3)cc2)C(C)CO1. The molecule has 2 atom stereocenters. The summed E-state index contributed by atoms with van der Waals surface area (Å²) < 4.78 is 5.60. The van der Waals surface area contributed by atoms with Gasteiger partial charge in [0.2, 0.25) is 0 Å². The number of amides is 1. The minimum Gasteiger partial charge on any atom is -0.375 e. The number of aromatic nitrogens is 1. The van der Waals surface area contributed by atoms with Gasteiger partial charge < -0.3 is 9.64 Å². The Morgan fingerprint density at radius 2 is 2.08 bits per heavy atom. The highest BCUT2D eigenvalue weighted by Gasteiger charge is 2.28. The molecule has 2 aromatic rings. The van der Waals surface area contributed by atoms with Gasteiger partial charge in [0.25, 0.3) is 5.91 Å². The second kappa shape index (κ2) is 7.81. The summed E-state index contributed by atoms with van der Waals surface area (Å²) in [6, 6.07) is 12.0. The van der Waals surface area contributed by atoms with Crippen LogP contribution in [0.15, 0.2) is 53.7 Å². The predicted molar refractivity (Wildman–Crippen MR) is 96.2 cm³/mol. The summed E-state index contributed by atoms with van der Waals surface area (Å²) in [6.45, 7) is 5.29. The molecule has 1 aliphatic rings. The van der Waals surface area contributed by atoms with Crippen molar-refractivity contribution in [2.45, 2.75) is 36.6 Å². The van der Waals surface area contributed by atoms with Gasteiger partial charge >= 0.3 is 0 Å². The molecular formula is C19H22N2O2S. The summed E-state index contributed by atoms with van der Waals surface area (Å²) in [5, 5.41) is 0. The number of hydrogen-bond donors (Lipinski definition) is 0. The van der Waals surface area contributed by atoms with E-state index in [2.05, 4.69) is 11.1 Å². The summed E-state index contributed by atoms with van der Waals surface area (Å²) in [4.78, 5) is 19.9. The Morgan fingerprint density at radius 1 is 1.29 bits per heavy atom. The van der Waals surface area contributed by atoms with Gasteiger partial charge in [0.05, 0.1) is 18.8 Å². The highest BCUT2D eigenvalue weighted by Crippen LogP contribution is 2.23. The van der Waals surface area contributed by atoms with Gasteiger partial charge in [-0.3, -0.25) is 9.78 Å². The molecule has 126 valence electrons. The molecule has 0 saturated carbocycles. The lowest BCUT2D eigenvalue weighted by Gasteiger charge is -2.36. The highest BCUT2D eigenvalue weighted by atomic mass is 32.2. The Kier molecular flexibility index (Phi) is 5.53. The number of carbonyl (C=O) groups is 1. The Morgan fingerprint density at radius 3 is 2.79 bits per heavy atom. The van der Waals surface area contributed by atoms with E-state index in [1.54, 1.807) is 18.0 Å². The molecule has 24 heavy (non-hydrogen) atoms. The number of morpholine rings is 1. The number of benzene rings is 1. The average Bonchev–Trinajstić information content (AvgIpc) is 2.63. The number of nitrogens with zero attached hydrogens (tertiary/aromatic N) is 2. The molecule has 2 heterocycles. The normalized spacial score (nSPS) is 20.8. The van der Waals surface area contributed by atoms with E-state index in [0.717, 1.165) is 16.2 Å². The van der Waals surface area contributed by atoms with Gasteiger partial charge in [0.15, 0.2) is 0 Å². The first-order valence-electron chi connectivity index (χ1n) is 8.18. The molecule has 1 aromatic heterocycles. The van der Waals surface area contributed by atoms with Crippen LogP contribution in [0.2, 0.25) is 0 Å². The van der Waals surface area contributed by atoms with Crippen LogP contribution >= 0.6 is 11.8 Å². The molecule has 0 radical (unpaired) electrons. The molecule has 3 rings (SSSR count). The first-order chi connectivity index (χ1) is 11.6. The van der Waals surface area contributed by atoms with Crippen molar-refractivity contribution in [2.24, 2.45) is 0 Å². The summed E-state index contributed by atoms with van der Waals surface area (Å²) >= 11 is 1.75. The molecule has 1 aliphatic heterocycles. The second-order valence-corrected chi connectivity index (χ2v) is 7.17. The van der Waals surface area contributed by atoms with Gasteiger partial charge in [0, 0.05) is 35.2 Å². The van der Waals surface area contributed by atoms with E-state index in [0.29, 0.717) is 13.2 Å². The van der Waals surface area contributed by atoms with E-state index in [1.807, 2.05) is 55.3 Å². The smallest absolute Gasteiger partial charge is 0.254 e. The zero-order valence-corrected chi connectivity index (χ0v) is 14.8. The van der Waals surface area contributed by atoms with Crippen LogP contribution in [0.4, 0.5) is 0 Å². The zero-order chi connectivity index (χ0) is 16.9. The van der Waals surface area contributed by atoms with Crippen LogP contribution in [0.5, 0.6) is 0 Å². The number of pyridine rings is 1. The summed E-state index contributed by atoms with van der Waals surface area (Å²) in [6.07, 6.45) is 3.76. The number of hydrogen-bond acceptors (Lipinski definition) is 4. The predicted octanol–water partition coefficient (Wildman–Crippen LogP) is 3.62. The largest absolute Gasteiger partial charge is 0.375 e. The highest BCUT2D eigenvalue weighted by molar-refractivity contribution is 7.98. The topological polar surface area (TPSA) is 42.4 Å². The van der Waals surface area contributed by atoms with Gasteiger partial charge in [-0.05, 0) is 49.7 Å². The van der Waals surface area contributed by atoms with E-state index in [9.17, 15) is 4.79 Å². The van der Waals surface area contributed by atoms with Gasteiger partial charge in [-0.25, -0.2) is 0 Å². The molecule has 4 nitrogen and oxygen atoms in total. The molecule has 5 heteroatoms. The fourth-order valence-electron chi connectivity index (χ4n) is 2.70. The summed E-state index contributed by atoms with van der Waals surface area (Å²) in [7, 11) is 0.